The zero-order chi connectivity index (χ0) is 24.5. The van der Waals surface area contributed by atoms with Crippen LogP contribution in [0.2, 0.25) is 0 Å². The molecule has 5 aromatic rings. The summed E-state index contributed by atoms with van der Waals surface area (Å²) in [5.74, 6) is 1.23. The molecular formula is C25H26N8O2. The van der Waals surface area contributed by atoms with Crippen LogP contribution >= 0.6 is 0 Å². The predicted octanol–water partition coefficient (Wildman–Crippen LogP) is 2.99. The van der Waals surface area contributed by atoms with Crippen molar-refractivity contribution in [1.29, 1.82) is 0 Å². The number of hydrogen-bond donors (Lipinski definition) is 1. The fourth-order valence-electron chi connectivity index (χ4n) is 4.47. The third-order valence-electron chi connectivity index (χ3n) is 6.19. The molecule has 0 radical (unpaired) electrons. The molecule has 0 unspecified atom stereocenters. The lowest BCUT2D eigenvalue weighted by atomic mass is 9.98. The van der Waals surface area contributed by atoms with Crippen molar-refractivity contribution >= 4 is 11.2 Å². The summed E-state index contributed by atoms with van der Waals surface area (Å²) in [5, 5.41) is 14.4. The van der Waals surface area contributed by atoms with E-state index in [0.717, 1.165) is 28.7 Å². The minimum Gasteiger partial charge on any atom is -0.318 e. The van der Waals surface area contributed by atoms with Gasteiger partial charge in [0.2, 0.25) is 5.82 Å². The molecule has 0 atom stereocenters. The fraction of sp³-hybridized carbons (Fsp3) is 0.280. The maximum Gasteiger partial charge on any atom is 0.332 e. The van der Waals surface area contributed by atoms with E-state index in [2.05, 4.69) is 25.6 Å². The van der Waals surface area contributed by atoms with E-state index >= 15 is 0 Å². The molecule has 35 heavy (non-hydrogen) atoms. The molecule has 0 aliphatic carbocycles. The first-order chi connectivity index (χ1) is 17.0. The van der Waals surface area contributed by atoms with Crippen LogP contribution in [0.5, 0.6) is 0 Å². The van der Waals surface area contributed by atoms with E-state index in [1.165, 1.54) is 4.57 Å². The van der Waals surface area contributed by atoms with Gasteiger partial charge in [-0.15, -0.1) is 10.2 Å². The quantitative estimate of drug-likeness (QED) is 0.391. The average molecular weight is 471 g/mol. The first-order valence-electron chi connectivity index (χ1n) is 11.7. The van der Waals surface area contributed by atoms with Crippen LogP contribution < -0.4 is 11.2 Å². The van der Waals surface area contributed by atoms with Gasteiger partial charge in [-0.1, -0.05) is 55.5 Å². The number of aromatic nitrogens is 8. The summed E-state index contributed by atoms with van der Waals surface area (Å²) in [6.07, 6.45) is 0.773. The van der Waals surface area contributed by atoms with Crippen LogP contribution in [0, 0.1) is 6.92 Å². The van der Waals surface area contributed by atoms with Crippen LogP contribution in [0.1, 0.15) is 31.7 Å². The Morgan fingerprint density at radius 2 is 1.66 bits per heavy atom. The largest absolute Gasteiger partial charge is 0.332 e. The fourth-order valence-corrected chi connectivity index (χ4v) is 4.47. The van der Waals surface area contributed by atoms with E-state index in [9.17, 15) is 9.59 Å². The van der Waals surface area contributed by atoms with Crippen molar-refractivity contribution in [2.45, 2.75) is 46.8 Å². The second-order valence-corrected chi connectivity index (χ2v) is 8.38. The normalized spacial score (nSPS) is 11.4. The monoisotopic (exact) mass is 470 g/mol. The van der Waals surface area contributed by atoms with Crippen LogP contribution in [0.25, 0.3) is 33.7 Å². The number of fused-ring (bicyclic) bond motifs is 1. The lowest BCUT2D eigenvalue weighted by Gasteiger charge is -2.12. The van der Waals surface area contributed by atoms with Gasteiger partial charge in [0.1, 0.15) is 5.82 Å². The molecule has 10 nitrogen and oxygen atoms in total. The molecular weight excluding hydrogens is 444 g/mol. The molecule has 0 amide bonds. The molecule has 3 heterocycles. The predicted molar refractivity (Wildman–Crippen MR) is 133 cm³/mol. The lowest BCUT2D eigenvalue weighted by Crippen LogP contribution is -2.40. The minimum atomic E-state index is -0.305. The summed E-state index contributed by atoms with van der Waals surface area (Å²) < 4.78 is 4.80. The Bertz CT molecular complexity index is 1610. The molecule has 2 aromatic carbocycles. The van der Waals surface area contributed by atoms with E-state index < -0.39 is 0 Å². The van der Waals surface area contributed by atoms with Gasteiger partial charge in [-0.3, -0.25) is 13.9 Å². The number of tetrazole rings is 1. The van der Waals surface area contributed by atoms with Gasteiger partial charge >= 0.3 is 5.69 Å². The van der Waals surface area contributed by atoms with Crippen molar-refractivity contribution in [3.63, 3.8) is 0 Å². The molecule has 0 bridgehead atoms. The molecule has 0 fully saturated rings. The average Bonchev–Trinajstić information content (AvgIpc) is 3.51. The van der Waals surface area contributed by atoms with E-state index in [1.54, 1.807) is 4.57 Å². The Labute approximate surface area is 200 Å². The Kier molecular flexibility index (Phi) is 5.86. The lowest BCUT2D eigenvalue weighted by molar-refractivity contribution is 0.578. The Morgan fingerprint density at radius 3 is 2.31 bits per heavy atom. The molecule has 3 aromatic heterocycles. The van der Waals surface area contributed by atoms with E-state index in [4.69, 9.17) is 0 Å². The Hall–Kier alpha value is -4.34. The molecule has 0 spiro atoms. The van der Waals surface area contributed by atoms with Crippen LogP contribution in [0.4, 0.5) is 0 Å². The van der Waals surface area contributed by atoms with E-state index in [0.29, 0.717) is 42.4 Å². The van der Waals surface area contributed by atoms with Crippen molar-refractivity contribution in [2.75, 3.05) is 0 Å². The van der Waals surface area contributed by atoms with E-state index in [-0.39, 0.29) is 11.2 Å². The van der Waals surface area contributed by atoms with E-state index in [1.807, 2.05) is 73.9 Å². The minimum absolute atomic E-state index is 0.300. The Morgan fingerprint density at radius 1 is 0.914 bits per heavy atom. The first-order valence-corrected chi connectivity index (χ1v) is 11.7. The number of imidazole rings is 1. The number of nitrogens with one attached hydrogen (secondary N) is 1. The maximum atomic E-state index is 13.2. The smallest absolute Gasteiger partial charge is 0.318 e. The van der Waals surface area contributed by atoms with Gasteiger partial charge in [0.05, 0.1) is 0 Å². The summed E-state index contributed by atoms with van der Waals surface area (Å²) in [5.41, 5.74) is 4.24. The summed E-state index contributed by atoms with van der Waals surface area (Å²) in [6, 6.07) is 16.1. The van der Waals surface area contributed by atoms with Crippen LogP contribution in [0.3, 0.4) is 0 Å². The van der Waals surface area contributed by atoms with Crippen molar-refractivity contribution in [1.82, 2.24) is 39.3 Å². The zero-order valence-corrected chi connectivity index (χ0v) is 19.9. The van der Waals surface area contributed by atoms with Gasteiger partial charge in [-0.25, -0.2) is 9.78 Å². The summed E-state index contributed by atoms with van der Waals surface area (Å²) in [7, 11) is 0. The first kappa shape index (κ1) is 22.5. The number of benzene rings is 2. The Balaban J connectivity index is 1.55. The van der Waals surface area contributed by atoms with Crippen LogP contribution in [-0.4, -0.2) is 39.3 Å². The van der Waals surface area contributed by atoms with Gasteiger partial charge < -0.3 is 4.57 Å². The standard InChI is InChI=1S/C25H26N8O2/c1-4-14-32-23-21(24(34)31(5-2)25(32)35)33(16(3)26-23)15-17-10-12-18(13-11-17)19-8-6-7-9-20(19)22-27-29-30-28-22/h6-13H,4-5,14-15H2,1-3H3,(H,27,28,29,30). The molecule has 0 saturated heterocycles. The van der Waals surface area contributed by atoms with Gasteiger partial charge in [0.25, 0.3) is 5.56 Å². The highest BCUT2D eigenvalue weighted by Gasteiger charge is 2.19. The van der Waals surface area contributed by atoms with Crippen LogP contribution in [0.15, 0.2) is 58.1 Å². The molecule has 10 heteroatoms. The van der Waals surface area contributed by atoms with Gasteiger partial charge in [-0.2, -0.15) is 5.21 Å². The highest BCUT2D eigenvalue weighted by Crippen LogP contribution is 2.30. The molecule has 5 rings (SSSR count). The van der Waals surface area contributed by atoms with Crippen molar-refractivity contribution in [3.8, 4) is 22.5 Å². The molecule has 178 valence electrons. The zero-order valence-electron chi connectivity index (χ0n) is 19.9. The second kappa shape index (κ2) is 9.13. The SMILES string of the molecule is CCCn1c(=O)n(CC)c(=O)c2c1nc(C)n2Cc1ccc(-c2ccccc2-c2nn[nH]n2)cc1. The molecule has 0 saturated carbocycles. The number of H-pyrrole nitrogens is 1. The molecule has 0 aliphatic rings. The van der Waals surface area contributed by atoms with Gasteiger partial charge in [-0.05, 0) is 42.2 Å². The van der Waals surface area contributed by atoms with Gasteiger partial charge in [0, 0.05) is 25.2 Å². The van der Waals surface area contributed by atoms with Crippen molar-refractivity contribution in [3.05, 3.63) is 80.8 Å². The second-order valence-electron chi connectivity index (χ2n) is 8.38. The maximum absolute atomic E-state index is 13.2. The number of aryl methyl sites for hydroxylation is 2. The van der Waals surface area contributed by atoms with Gasteiger partial charge in [0.15, 0.2) is 11.2 Å². The number of nitrogens with zero attached hydrogens (tertiary/aromatic N) is 7. The summed E-state index contributed by atoms with van der Waals surface area (Å²) in [4.78, 5) is 30.7. The summed E-state index contributed by atoms with van der Waals surface area (Å²) >= 11 is 0. The number of aromatic amines is 1. The highest BCUT2D eigenvalue weighted by molar-refractivity contribution is 5.80. The third kappa shape index (κ3) is 3.86. The topological polar surface area (TPSA) is 116 Å². The number of rotatable bonds is 7. The highest BCUT2D eigenvalue weighted by atomic mass is 16.2. The number of hydrogen-bond acceptors (Lipinski definition) is 6. The summed E-state index contributed by atoms with van der Waals surface area (Å²) in [6.45, 7) is 6.98. The molecule has 0 aliphatic heterocycles. The third-order valence-corrected chi connectivity index (χ3v) is 6.19. The van der Waals surface area contributed by atoms with Crippen molar-refractivity contribution < 1.29 is 0 Å². The molecule has 1 N–H and O–H groups in total. The van der Waals surface area contributed by atoms with Crippen LogP contribution in [-0.2, 0) is 19.6 Å². The van der Waals surface area contributed by atoms with Crippen molar-refractivity contribution in [2.24, 2.45) is 0 Å².